The molecular formula is C13H19NO. The van der Waals surface area contributed by atoms with Gasteiger partial charge >= 0.3 is 0 Å². The van der Waals surface area contributed by atoms with Crippen LogP contribution in [0.1, 0.15) is 30.4 Å². The van der Waals surface area contributed by atoms with E-state index in [1.54, 1.807) is 0 Å². The molecule has 0 aromatic heterocycles. The maximum atomic E-state index is 5.83. The summed E-state index contributed by atoms with van der Waals surface area (Å²) in [6.45, 7) is 4.93. The quantitative estimate of drug-likeness (QED) is 0.770. The number of nitrogens with two attached hydrogens (primary N) is 1. The van der Waals surface area contributed by atoms with Crippen LogP contribution in [0.2, 0.25) is 0 Å². The fraction of sp³-hybridized carbons (Fsp3) is 0.538. The Morgan fingerprint density at radius 1 is 1.27 bits per heavy atom. The van der Waals surface area contributed by atoms with Crippen molar-refractivity contribution in [3.8, 4) is 5.75 Å². The summed E-state index contributed by atoms with van der Waals surface area (Å²) >= 11 is 0. The number of ether oxygens (including phenoxy) is 1. The number of hydrogen-bond acceptors (Lipinski definition) is 2. The number of benzene rings is 1. The van der Waals surface area contributed by atoms with Crippen LogP contribution in [0.3, 0.4) is 0 Å². The Kier molecular flexibility index (Phi) is 2.85. The molecule has 2 nitrogen and oxygen atoms in total. The summed E-state index contributed by atoms with van der Waals surface area (Å²) in [5.74, 6) is 1.77. The van der Waals surface area contributed by atoms with E-state index in [0.717, 1.165) is 35.1 Å². The Labute approximate surface area is 91.4 Å². The second kappa shape index (κ2) is 4.13. The van der Waals surface area contributed by atoms with Crippen LogP contribution < -0.4 is 10.5 Å². The van der Waals surface area contributed by atoms with E-state index >= 15 is 0 Å². The van der Waals surface area contributed by atoms with Crippen molar-refractivity contribution in [3.05, 3.63) is 23.3 Å². The van der Waals surface area contributed by atoms with E-state index in [1.807, 2.05) is 26.0 Å². The molecule has 0 heterocycles. The van der Waals surface area contributed by atoms with Gasteiger partial charge in [0.05, 0.1) is 6.61 Å². The Bertz CT molecular complexity index is 356. The van der Waals surface area contributed by atoms with Crippen molar-refractivity contribution in [2.45, 2.75) is 33.1 Å². The number of rotatable bonds is 3. The van der Waals surface area contributed by atoms with Crippen LogP contribution in [-0.4, -0.2) is 6.61 Å². The molecular weight excluding hydrogens is 186 g/mol. The van der Waals surface area contributed by atoms with Crippen molar-refractivity contribution in [1.82, 2.24) is 0 Å². The van der Waals surface area contributed by atoms with Gasteiger partial charge in [0.1, 0.15) is 5.75 Å². The average molecular weight is 205 g/mol. The molecule has 1 aromatic rings. The molecule has 0 saturated heterocycles. The van der Waals surface area contributed by atoms with E-state index < -0.39 is 0 Å². The topological polar surface area (TPSA) is 35.2 Å². The van der Waals surface area contributed by atoms with E-state index in [2.05, 4.69) is 0 Å². The zero-order chi connectivity index (χ0) is 10.8. The zero-order valence-electron chi connectivity index (χ0n) is 9.55. The first kappa shape index (κ1) is 10.3. The van der Waals surface area contributed by atoms with E-state index in [-0.39, 0.29) is 0 Å². The molecule has 0 amide bonds. The Morgan fingerprint density at radius 2 is 2.00 bits per heavy atom. The summed E-state index contributed by atoms with van der Waals surface area (Å²) in [6.07, 6.45) is 4.02. The second-order valence-corrected chi connectivity index (χ2v) is 4.58. The van der Waals surface area contributed by atoms with Crippen LogP contribution in [-0.2, 0) is 0 Å². The molecule has 2 rings (SSSR count). The number of aryl methyl sites for hydroxylation is 2. The van der Waals surface area contributed by atoms with Gasteiger partial charge in [-0.3, -0.25) is 0 Å². The minimum Gasteiger partial charge on any atom is -0.493 e. The summed E-state index contributed by atoms with van der Waals surface area (Å²) in [5, 5.41) is 0. The predicted molar refractivity (Wildman–Crippen MR) is 63.2 cm³/mol. The van der Waals surface area contributed by atoms with Crippen LogP contribution in [0.25, 0.3) is 0 Å². The van der Waals surface area contributed by atoms with Gasteiger partial charge in [-0.1, -0.05) is 6.42 Å². The molecule has 2 heteroatoms. The lowest BCUT2D eigenvalue weighted by atomic mass is 9.86. The molecule has 2 N–H and O–H groups in total. The van der Waals surface area contributed by atoms with Gasteiger partial charge in [-0.05, 0) is 55.9 Å². The van der Waals surface area contributed by atoms with Gasteiger partial charge in [-0.15, -0.1) is 0 Å². The molecule has 1 aromatic carbocycles. The van der Waals surface area contributed by atoms with E-state index in [0.29, 0.717) is 0 Å². The summed E-state index contributed by atoms with van der Waals surface area (Å²) in [5.41, 5.74) is 8.92. The van der Waals surface area contributed by atoms with Gasteiger partial charge in [0, 0.05) is 5.69 Å². The molecule has 1 aliphatic rings. The largest absolute Gasteiger partial charge is 0.493 e. The van der Waals surface area contributed by atoms with Crippen molar-refractivity contribution >= 4 is 5.69 Å². The van der Waals surface area contributed by atoms with Crippen LogP contribution in [0.5, 0.6) is 5.75 Å². The van der Waals surface area contributed by atoms with Crippen LogP contribution in [0.15, 0.2) is 12.1 Å². The third-order valence-corrected chi connectivity index (χ3v) is 3.26. The highest BCUT2D eigenvalue weighted by molar-refractivity contribution is 5.53. The zero-order valence-corrected chi connectivity index (χ0v) is 9.55. The first-order valence-electron chi connectivity index (χ1n) is 5.66. The van der Waals surface area contributed by atoms with Crippen molar-refractivity contribution in [2.24, 2.45) is 5.92 Å². The summed E-state index contributed by atoms with van der Waals surface area (Å²) in [6, 6.07) is 4.04. The van der Waals surface area contributed by atoms with Crippen molar-refractivity contribution in [3.63, 3.8) is 0 Å². The third-order valence-electron chi connectivity index (χ3n) is 3.26. The van der Waals surface area contributed by atoms with Gasteiger partial charge in [-0.2, -0.15) is 0 Å². The number of hydrogen-bond donors (Lipinski definition) is 1. The fourth-order valence-corrected chi connectivity index (χ4v) is 1.83. The highest BCUT2D eigenvalue weighted by Gasteiger charge is 2.18. The molecule has 0 unspecified atom stereocenters. The molecule has 0 spiro atoms. The monoisotopic (exact) mass is 205 g/mol. The third kappa shape index (κ3) is 2.25. The Balaban J connectivity index is 2.03. The second-order valence-electron chi connectivity index (χ2n) is 4.58. The van der Waals surface area contributed by atoms with Crippen LogP contribution in [0, 0.1) is 19.8 Å². The Morgan fingerprint density at radius 3 is 2.60 bits per heavy atom. The van der Waals surface area contributed by atoms with Crippen molar-refractivity contribution < 1.29 is 4.74 Å². The minimum atomic E-state index is 0.780. The van der Waals surface area contributed by atoms with Crippen molar-refractivity contribution in [1.29, 1.82) is 0 Å². The SMILES string of the molecule is Cc1cc(OCC2CCC2)c(C)cc1N. The van der Waals surface area contributed by atoms with Gasteiger partial charge in [-0.25, -0.2) is 0 Å². The smallest absolute Gasteiger partial charge is 0.122 e. The van der Waals surface area contributed by atoms with Gasteiger partial charge in [0.15, 0.2) is 0 Å². The molecule has 0 aliphatic heterocycles. The standard InChI is InChI=1S/C13H19NO/c1-9-7-13(10(2)6-12(9)14)15-8-11-4-3-5-11/h6-7,11H,3-5,8,14H2,1-2H3. The molecule has 1 aliphatic carbocycles. The highest BCUT2D eigenvalue weighted by atomic mass is 16.5. The summed E-state index contributed by atoms with van der Waals surface area (Å²) in [7, 11) is 0. The molecule has 0 atom stereocenters. The lowest BCUT2D eigenvalue weighted by molar-refractivity contribution is 0.180. The highest BCUT2D eigenvalue weighted by Crippen LogP contribution is 2.29. The van der Waals surface area contributed by atoms with Gasteiger partial charge in [0.2, 0.25) is 0 Å². The Hall–Kier alpha value is -1.18. The normalized spacial score (nSPS) is 16.1. The van der Waals surface area contributed by atoms with E-state index in [4.69, 9.17) is 10.5 Å². The summed E-state index contributed by atoms with van der Waals surface area (Å²) in [4.78, 5) is 0. The lowest BCUT2D eigenvalue weighted by Crippen LogP contribution is -2.19. The van der Waals surface area contributed by atoms with E-state index in [9.17, 15) is 0 Å². The van der Waals surface area contributed by atoms with Gasteiger partial charge in [0.25, 0.3) is 0 Å². The first-order valence-corrected chi connectivity index (χ1v) is 5.66. The first-order chi connectivity index (χ1) is 7.16. The molecule has 1 fully saturated rings. The number of anilines is 1. The predicted octanol–water partition coefficient (Wildman–Crippen LogP) is 3.06. The average Bonchev–Trinajstić information content (AvgIpc) is 2.11. The van der Waals surface area contributed by atoms with Crippen LogP contribution >= 0.6 is 0 Å². The lowest BCUT2D eigenvalue weighted by Gasteiger charge is -2.25. The van der Waals surface area contributed by atoms with Gasteiger partial charge < -0.3 is 10.5 Å². The van der Waals surface area contributed by atoms with Crippen LogP contribution in [0.4, 0.5) is 5.69 Å². The molecule has 0 bridgehead atoms. The van der Waals surface area contributed by atoms with Crippen molar-refractivity contribution in [2.75, 3.05) is 12.3 Å². The summed E-state index contributed by atoms with van der Waals surface area (Å²) < 4.78 is 5.82. The maximum absolute atomic E-state index is 5.83. The molecule has 1 saturated carbocycles. The molecule has 0 radical (unpaired) electrons. The fourth-order valence-electron chi connectivity index (χ4n) is 1.83. The maximum Gasteiger partial charge on any atom is 0.122 e. The number of nitrogen functional groups attached to an aromatic ring is 1. The minimum absolute atomic E-state index is 0.780. The molecule has 82 valence electrons. The van der Waals surface area contributed by atoms with E-state index in [1.165, 1.54) is 19.3 Å². The molecule has 15 heavy (non-hydrogen) atoms.